The monoisotopic (exact) mass is 537 g/mol. The first-order valence-corrected chi connectivity index (χ1v) is 14.5. The van der Waals surface area contributed by atoms with E-state index in [1.807, 2.05) is 55.5 Å². The van der Waals surface area contributed by atoms with Crippen LogP contribution in [0.1, 0.15) is 33.7 Å². The van der Waals surface area contributed by atoms with Gasteiger partial charge in [-0.3, -0.25) is 0 Å². The third-order valence-electron chi connectivity index (χ3n) is 7.75. The molecule has 2 aliphatic rings. The number of carboxylic acid groups (broad SMARTS) is 1. The summed E-state index contributed by atoms with van der Waals surface area (Å²) in [5.41, 5.74) is 3.14. The first-order chi connectivity index (χ1) is 18.2. The third-order valence-corrected chi connectivity index (χ3v) is 10.4. The molecular formula is C29H32FN3O4S. The van der Waals surface area contributed by atoms with Crippen LogP contribution in [-0.2, 0) is 16.3 Å². The Hall–Kier alpha value is -3.43. The van der Waals surface area contributed by atoms with E-state index in [2.05, 4.69) is 15.1 Å². The van der Waals surface area contributed by atoms with Crippen molar-refractivity contribution in [3.05, 3.63) is 95.3 Å². The Bertz CT molecular complexity index is 1390. The Kier molecular flexibility index (Phi) is 7.40. The Morgan fingerprint density at radius 1 is 0.947 bits per heavy atom. The van der Waals surface area contributed by atoms with Gasteiger partial charge in [-0.1, -0.05) is 36.4 Å². The Labute approximate surface area is 222 Å². The van der Waals surface area contributed by atoms with Crippen molar-refractivity contribution in [3.63, 3.8) is 0 Å². The lowest BCUT2D eigenvalue weighted by Crippen LogP contribution is -2.53. The number of hydrogen-bond acceptors (Lipinski definition) is 6. The molecule has 5 rings (SSSR count). The number of sulfone groups is 1. The largest absolute Gasteiger partial charge is 0.478 e. The van der Waals surface area contributed by atoms with Gasteiger partial charge in [0.1, 0.15) is 5.82 Å². The molecule has 0 saturated carbocycles. The molecule has 1 unspecified atom stereocenters. The molecule has 2 N–H and O–H groups in total. The van der Waals surface area contributed by atoms with Crippen LogP contribution in [0.15, 0.2) is 72.8 Å². The predicted octanol–water partition coefficient (Wildman–Crippen LogP) is 3.91. The van der Waals surface area contributed by atoms with Gasteiger partial charge in [0, 0.05) is 50.1 Å². The first-order valence-electron chi connectivity index (χ1n) is 12.9. The summed E-state index contributed by atoms with van der Waals surface area (Å²) in [5.74, 6) is -1.34. The van der Waals surface area contributed by atoms with Crippen LogP contribution in [-0.4, -0.2) is 63.5 Å². The van der Waals surface area contributed by atoms with E-state index in [0.717, 1.165) is 30.0 Å². The number of carbonyl (C=O) groups is 1. The van der Waals surface area contributed by atoms with Gasteiger partial charge in [-0.2, -0.15) is 0 Å². The van der Waals surface area contributed by atoms with Gasteiger partial charge in [0.25, 0.3) is 0 Å². The van der Waals surface area contributed by atoms with Crippen LogP contribution >= 0.6 is 0 Å². The highest BCUT2D eigenvalue weighted by Gasteiger charge is 2.42. The summed E-state index contributed by atoms with van der Waals surface area (Å²) in [4.78, 5) is 15.4. The molecule has 200 valence electrons. The molecule has 0 amide bonds. The molecule has 3 aromatic carbocycles. The maximum Gasteiger partial charge on any atom is 0.335 e. The number of carboxylic acids is 1. The number of halogens is 1. The number of benzene rings is 3. The van der Waals surface area contributed by atoms with Gasteiger partial charge in [-0.25, -0.2) is 17.6 Å². The van der Waals surface area contributed by atoms with Crippen LogP contribution in [0.3, 0.4) is 0 Å². The smallest absolute Gasteiger partial charge is 0.335 e. The number of piperazine rings is 1. The molecule has 0 aromatic heterocycles. The van der Waals surface area contributed by atoms with Crippen LogP contribution < -0.4 is 15.1 Å². The molecule has 3 atom stereocenters. The molecule has 3 aromatic rings. The van der Waals surface area contributed by atoms with E-state index in [-0.39, 0.29) is 18.0 Å². The highest BCUT2D eigenvalue weighted by molar-refractivity contribution is 7.92. The summed E-state index contributed by atoms with van der Waals surface area (Å²) in [6.07, 6.45) is 0.117. The maximum absolute atomic E-state index is 15.3. The Morgan fingerprint density at radius 2 is 1.55 bits per heavy atom. The van der Waals surface area contributed by atoms with Gasteiger partial charge in [-0.15, -0.1) is 0 Å². The highest BCUT2D eigenvalue weighted by atomic mass is 32.2. The summed E-state index contributed by atoms with van der Waals surface area (Å²) >= 11 is 0. The van der Waals surface area contributed by atoms with Crippen molar-refractivity contribution in [2.75, 3.05) is 42.5 Å². The quantitative estimate of drug-likeness (QED) is 0.493. The van der Waals surface area contributed by atoms with E-state index in [0.29, 0.717) is 25.2 Å². The van der Waals surface area contributed by atoms with Crippen molar-refractivity contribution in [1.82, 2.24) is 5.32 Å². The summed E-state index contributed by atoms with van der Waals surface area (Å²) in [6.45, 7) is 5.03. The predicted molar refractivity (Wildman–Crippen MR) is 147 cm³/mol. The van der Waals surface area contributed by atoms with E-state index in [1.165, 1.54) is 6.07 Å². The van der Waals surface area contributed by atoms with E-state index >= 15 is 4.39 Å². The standard InChI is InChI=1S/C29H32FN3O4S/c1-20-27(38(36,37)28(19-31-20)21-5-3-2-4-6-21)17-23-9-12-25(18-26(23)30)33-15-13-32(14-16-33)24-10-7-22(8-11-24)29(34)35/h2-12,18,20,27-28,31H,13-17,19H2,1H3,(H,34,35)/t20-,27?,28+/m0/s1. The lowest BCUT2D eigenvalue weighted by atomic mass is 10.0. The fourth-order valence-corrected chi connectivity index (χ4v) is 7.82. The van der Waals surface area contributed by atoms with Crippen molar-refractivity contribution in [3.8, 4) is 0 Å². The second kappa shape index (κ2) is 10.7. The number of hydrogen-bond donors (Lipinski definition) is 2. The van der Waals surface area contributed by atoms with E-state index in [4.69, 9.17) is 5.11 Å². The summed E-state index contributed by atoms with van der Waals surface area (Å²) < 4.78 is 42.4. The normalized spacial score (nSPS) is 23.3. The topological polar surface area (TPSA) is 90.0 Å². The van der Waals surface area contributed by atoms with Crippen molar-refractivity contribution in [2.24, 2.45) is 0 Å². The van der Waals surface area contributed by atoms with Crippen LogP contribution in [0, 0.1) is 5.82 Å². The number of rotatable bonds is 6. The maximum atomic E-state index is 15.3. The van der Waals surface area contributed by atoms with E-state index in [1.54, 1.807) is 18.2 Å². The summed E-state index contributed by atoms with van der Waals surface area (Å²) in [6, 6.07) is 20.8. The van der Waals surface area contributed by atoms with Crippen LogP contribution in [0.4, 0.5) is 15.8 Å². The van der Waals surface area contributed by atoms with Gasteiger partial charge in [0.05, 0.1) is 16.1 Å². The van der Waals surface area contributed by atoms with Gasteiger partial charge < -0.3 is 20.2 Å². The molecule has 0 spiro atoms. The SMILES string of the molecule is C[C@@H]1NC[C@H](c2ccccc2)S(=O)(=O)C1Cc1ccc(N2CCN(c3ccc(C(=O)O)cc3)CC2)cc1F. The zero-order chi connectivity index (χ0) is 26.9. The highest BCUT2D eigenvalue weighted by Crippen LogP contribution is 2.33. The molecule has 2 aliphatic heterocycles. The second-order valence-electron chi connectivity index (χ2n) is 10.0. The Morgan fingerprint density at radius 3 is 2.16 bits per heavy atom. The second-order valence-corrected chi connectivity index (χ2v) is 12.4. The number of anilines is 2. The van der Waals surface area contributed by atoms with Crippen molar-refractivity contribution in [1.29, 1.82) is 0 Å². The van der Waals surface area contributed by atoms with Crippen LogP contribution in [0.2, 0.25) is 0 Å². The third kappa shape index (κ3) is 5.26. The number of nitrogens with one attached hydrogen (secondary N) is 1. The molecule has 9 heteroatoms. The molecule has 2 saturated heterocycles. The van der Waals surface area contributed by atoms with Crippen LogP contribution in [0.5, 0.6) is 0 Å². The fraction of sp³-hybridized carbons (Fsp3) is 0.345. The van der Waals surface area contributed by atoms with E-state index in [9.17, 15) is 13.2 Å². The summed E-state index contributed by atoms with van der Waals surface area (Å²) in [7, 11) is -3.53. The lowest BCUT2D eigenvalue weighted by Gasteiger charge is -2.37. The molecule has 38 heavy (non-hydrogen) atoms. The van der Waals surface area contributed by atoms with Crippen molar-refractivity contribution < 1.29 is 22.7 Å². The average Bonchev–Trinajstić information content (AvgIpc) is 2.92. The van der Waals surface area contributed by atoms with Gasteiger partial charge in [0.15, 0.2) is 9.84 Å². The zero-order valence-electron chi connectivity index (χ0n) is 21.3. The minimum absolute atomic E-state index is 0.117. The molecular weight excluding hydrogens is 505 g/mol. The Balaban J connectivity index is 1.26. The average molecular weight is 538 g/mol. The minimum atomic E-state index is -3.53. The zero-order valence-corrected chi connectivity index (χ0v) is 22.1. The first kappa shape index (κ1) is 26.2. The molecule has 7 nitrogen and oxygen atoms in total. The number of aromatic carboxylic acids is 1. The molecule has 2 heterocycles. The van der Waals surface area contributed by atoms with E-state index < -0.39 is 32.1 Å². The van der Waals surface area contributed by atoms with Crippen molar-refractivity contribution in [2.45, 2.75) is 29.9 Å². The molecule has 0 radical (unpaired) electrons. The van der Waals surface area contributed by atoms with Gasteiger partial charge >= 0.3 is 5.97 Å². The lowest BCUT2D eigenvalue weighted by molar-refractivity contribution is 0.0697. The van der Waals surface area contributed by atoms with Crippen molar-refractivity contribution >= 4 is 27.2 Å². The fourth-order valence-electron chi connectivity index (χ4n) is 5.46. The molecule has 0 bridgehead atoms. The molecule has 2 fully saturated rings. The van der Waals surface area contributed by atoms with Crippen LogP contribution in [0.25, 0.3) is 0 Å². The van der Waals surface area contributed by atoms with Gasteiger partial charge in [0.2, 0.25) is 0 Å². The molecule has 0 aliphatic carbocycles. The summed E-state index contributed by atoms with van der Waals surface area (Å²) in [5, 5.41) is 11.0. The van der Waals surface area contributed by atoms with Gasteiger partial charge in [-0.05, 0) is 60.9 Å². The minimum Gasteiger partial charge on any atom is -0.478 e. The number of nitrogens with zero attached hydrogens (tertiary/aromatic N) is 2.